The van der Waals surface area contributed by atoms with E-state index in [1.54, 1.807) is 4.90 Å². The van der Waals surface area contributed by atoms with Gasteiger partial charge in [0.2, 0.25) is 0 Å². The first-order valence-electron chi connectivity index (χ1n) is 6.53. The van der Waals surface area contributed by atoms with Gasteiger partial charge in [-0.05, 0) is 5.56 Å². The Morgan fingerprint density at radius 3 is 2.45 bits per heavy atom. The molecule has 6 atom stereocenters. The minimum absolute atomic E-state index is 0.220. The molecular formula is C14H16N2O4. The molecule has 6 heteroatoms. The summed E-state index contributed by atoms with van der Waals surface area (Å²) in [5.74, 6) is 0. The molecule has 1 aromatic carbocycles. The number of aliphatic hydroxyl groups excluding tert-OH is 3. The Morgan fingerprint density at radius 1 is 1.10 bits per heavy atom. The van der Waals surface area contributed by atoms with Crippen LogP contribution in [0.2, 0.25) is 0 Å². The molecule has 3 rings (SSSR count). The Kier molecular flexibility index (Phi) is 3.46. The Labute approximate surface area is 116 Å². The highest BCUT2D eigenvalue weighted by Gasteiger charge is 2.54. The van der Waals surface area contributed by atoms with Crippen LogP contribution in [-0.2, 0) is 4.74 Å². The van der Waals surface area contributed by atoms with Crippen molar-refractivity contribution in [2.75, 3.05) is 6.61 Å². The zero-order valence-corrected chi connectivity index (χ0v) is 10.7. The van der Waals surface area contributed by atoms with Gasteiger partial charge in [-0.25, -0.2) is 4.90 Å². The minimum Gasteiger partial charge on any atom is -0.388 e. The highest BCUT2D eigenvalue weighted by Crippen LogP contribution is 2.38. The molecule has 0 radical (unpaired) electrons. The van der Waals surface area contributed by atoms with Crippen molar-refractivity contribution < 1.29 is 20.1 Å². The molecule has 1 aromatic rings. The molecule has 20 heavy (non-hydrogen) atoms. The molecule has 0 spiro atoms. The van der Waals surface area contributed by atoms with E-state index in [4.69, 9.17) is 4.74 Å². The van der Waals surface area contributed by atoms with Crippen LogP contribution in [0.3, 0.4) is 0 Å². The first kappa shape index (κ1) is 13.5. The van der Waals surface area contributed by atoms with Gasteiger partial charge in [0.15, 0.2) is 0 Å². The second-order valence-electron chi connectivity index (χ2n) is 5.14. The number of fused-ring (bicyclic) bond motifs is 1. The maximum Gasteiger partial charge on any atom is 0.141 e. The first-order chi connectivity index (χ1) is 9.65. The Balaban J connectivity index is 1.96. The molecule has 0 amide bonds. The molecule has 6 nitrogen and oxygen atoms in total. The van der Waals surface area contributed by atoms with Crippen molar-refractivity contribution >= 4 is 0 Å². The van der Waals surface area contributed by atoms with Crippen molar-refractivity contribution in [3.05, 3.63) is 35.9 Å². The summed E-state index contributed by atoms with van der Waals surface area (Å²) < 4.78 is 5.54. The average Bonchev–Trinajstić information content (AvgIpc) is 2.91. The van der Waals surface area contributed by atoms with Crippen LogP contribution >= 0.6 is 0 Å². The molecule has 0 bridgehead atoms. The quantitative estimate of drug-likeness (QED) is 0.632. The van der Waals surface area contributed by atoms with Gasteiger partial charge in [0, 0.05) is 0 Å². The standard InChI is InChI=1S/C14H16N2O4/c15-6-9-11(17)12(18)13(19)14-16(9)10(7-20-14)8-4-2-1-3-5-8/h1-5,9-14,17-19H,7H2/t9-,10+,11-,12+,13-,14-/m1/s1. The number of benzene rings is 1. The van der Waals surface area contributed by atoms with Crippen LogP contribution in [0.1, 0.15) is 11.6 Å². The average molecular weight is 276 g/mol. The SMILES string of the molecule is N#C[C@@H]1[C@@H](O)[C@H](O)[C@@H](O)[C@H]2OC[C@@H](c3ccccc3)N12. The Bertz CT molecular complexity index is 518. The summed E-state index contributed by atoms with van der Waals surface area (Å²) in [6, 6.07) is 10.4. The molecule has 2 aliphatic rings. The molecule has 2 fully saturated rings. The van der Waals surface area contributed by atoms with E-state index in [0.717, 1.165) is 5.56 Å². The molecule has 0 aromatic heterocycles. The van der Waals surface area contributed by atoms with E-state index in [9.17, 15) is 20.6 Å². The fourth-order valence-electron chi connectivity index (χ4n) is 2.99. The Hall–Kier alpha value is -1.49. The fraction of sp³-hybridized carbons (Fsp3) is 0.500. The van der Waals surface area contributed by atoms with Crippen LogP contribution in [0.25, 0.3) is 0 Å². The number of nitrogens with zero attached hydrogens (tertiary/aromatic N) is 2. The highest BCUT2D eigenvalue weighted by atomic mass is 16.5. The van der Waals surface area contributed by atoms with E-state index in [1.165, 1.54) is 0 Å². The third-order valence-electron chi connectivity index (χ3n) is 4.03. The van der Waals surface area contributed by atoms with Crippen molar-refractivity contribution in [3.8, 4) is 6.07 Å². The van der Waals surface area contributed by atoms with Crippen molar-refractivity contribution in [3.63, 3.8) is 0 Å². The van der Waals surface area contributed by atoms with Crippen molar-refractivity contribution in [1.82, 2.24) is 4.90 Å². The van der Waals surface area contributed by atoms with Crippen LogP contribution in [-0.4, -0.2) is 57.4 Å². The smallest absolute Gasteiger partial charge is 0.141 e. The van der Waals surface area contributed by atoms with Crippen LogP contribution < -0.4 is 0 Å². The molecule has 2 saturated heterocycles. The maximum atomic E-state index is 10.0. The third-order valence-corrected chi connectivity index (χ3v) is 4.03. The molecule has 2 aliphatic heterocycles. The topological polar surface area (TPSA) is 97.0 Å². The van der Waals surface area contributed by atoms with E-state index in [2.05, 4.69) is 0 Å². The van der Waals surface area contributed by atoms with Crippen molar-refractivity contribution in [1.29, 1.82) is 5.26 Å². The number of piperidine rings is 1. The summed E-state index contributed by atoms with van der Waals surface area (Å²) in [4.78, 5) is 1.65. The van der Waals surface area contributed by atoms with Gasteiger partial charge in [-0.2, -0.15) is 5.26 Å². The van der Waals surface area contributed by atoms with E-state index in [0.29, 0.717) is 6.61 Å². The van der Waals surface area contributed by atoms with E-state index in [1.807, 2.05) is 36.4 Å². The lowest BCUT2D eigenvalue weighted by Crippen LogP contribution is -2.64. The first-order valence-corrected chi connectivity index (χ1v) is 6.53. The molecule has 3 N–H and O–H groups in total. The summed E-state index contributed by atoms with van der Waals surface area (Å²) in [6.07, 6.45) is -4.71. The lowest BCUT2D eigenvalue weighted by Gasteiger charge is -2.43. The van der Waals surface area contributed by atoms with Crippen LogP contribution in [0.15, 0.2) is 30.3 Å². The summed E-state index contributed by atoms with van der Waals surface area (Å²) in [5.41, 5.74) is 0.950. The highest BCUT2D eigenvalue weighted by molar-refractivity contribution is 5.23. The van der Waals surface area contributed by atoms with Gasteiger partial charge in [0.1, 0.15) is 30.6 Å². The van der Waals surface area contributed by atoms with Gasteiger partial charge in [-0.1, -0.05) is 30.3 Å². The zero-order chi connectivity index (χ0) is 14.3. The zero-order valence-electron chi connectivity index (χ0n) is 10.7. The molecule has 0 unspecified atom stereocenters. The third kappa shape index (κ3) is 1.92. The number of hydrogen-bond acceptors (Lipinski definition) is 6. The molecule has 106 valence electrons. The van der Waals surface area contributed by atoms with E-state index in [-0.39, 0.29) is 6.04 Å². The van der Waals surface area contributed by atoms with Gasteiger partial charge < -0.3 is 20.1 Å². The maximum absolute atomic E-state index is 10.0. The number of nitriles is 1. The van der Waals surface area contributed by atoms with E-state index >= 15 is 0 Å². The van der Waals surface area contributed by atoms with Crippen LogP contribution in [0.5, 0.6) is 0 Å². The van der Waals surface area contributed by atoms with E-state index < -0.39 is 30.6 Å². The van der Waals surface area contributed by atoms with Gasteiger partial charge in [0.05, 0.1) is 18.7 Å². The normalized spacial score (nSPS) is 41.1. The molecule has 0 aliphatic carbocycles. The molecule has 0 saturated carbocycles. The van der Waals surface area contributed by atoms with Crippen LogP contribution in [0.4, 0.5) is 0 Å². The summed E-state index contributed by atoms with van der Waals surface area (Å²) in [7, 11) is 0. The fourth-order valence-corrected chi connectivity index (χ4v) is 2.99. The largest absolute Gasteiger partial charge is 0.388 e. The predicted octanol–water partition coefficient (Wildman–Crippen LogP) is -0.626. The van der Waals surface area contributed by atoms with Gasteiger partial charge in [0.25, 0.3) is 0 Å². The summed E-state index contributed by atoms with van der Waals surface area (Å²) in [5, 5.41) is 39.1. The number of ether oxygens (including phenoxy) is 1. The minimum atomic E-state index is -1.38. The lowest BCUT2D eigenvalue weighted by atomic mass is 9.91. The van der Waals surface area contributed by atoms with Gasteiger partial charge in [-0.3, -0.25) is 0 Å². The van der Waals surface area contributed by atoms with Gasteiger partial charge >= 0.3 is 0 Å². The predicted molar refractivity (Wildman–Crippen MR) is 68.2 cm³/mol. The Morgan fingerprint density at radius 2 is 1.80 bits per heavy atom. The van der Waals surface area contributed by atoms with Gasteiger partial charge in [-0.15, -0.1) is 0 Å². The second kappa shape index (κ2) is 5.13. The number of rotatable bonds is 1. The molecule has 2 heterocycles. The summed E-state index contributed by atoms with van der Waals surface area (Å²) in [6.45, 7) is 0.309. The second-order valence-corrected chi connectivity index (χ2v) is 5.14. The number of aliphatic hydroxyl groups is 3. The lowest BCUT2D eigenvalue weighted by molar-refractivity contribution is -0.194. The molecular weight excluding hydrogens is 260 g/mol. The number of hydrogen-bond donors (Lipinski definition) is 3. The van der Waals surface area contributed by atoms with Crippen molar-refractivity contribution in [2.45, 2.75) is 36.6 Å². The monoisotopic (exact) mass is 276 g/mol. The van der Waals surface area contributed by atoms with Crippen LogP contribution in [0, 0.1) is 11.3 Å². The van der Waals surface area contributed by atoms with Crippen molar-refractivity contribution in [2.24, 2.45) is 0 Å². The summed E-state index contributed by atoms with van der Waals surface area (Å²) >= 11 is 0.